The van der Waals surface area contributed by atoms with Crippen molar-refractivity contribution in [3.8, 4) is 0 Å². The van der Waals surface area contributed by atoms with Crippen molar-refractivity contribution in [2.24, 2.45) is 0 Å². The van der Waals surface area contributed by atoms with Crippen molar-refractivity contribution < 1.29 is 9.59 Å². The molecule has 3 rings (SSSR count). The third-order valence-corrected chi connectivity index (χ3v) is 3.85. The summed E-state index contributed by atoms with van der Waals surface area (Å²) in [6, 6.07) is 12.9. The number of nitrogens with zero attached hydrogens (tertiary/aromatic N) is 1. The maximum absolute atomic E-state index is 12.1. The number of carbonyl (C=O) groups excluding carboxylic acids is 2. The maximum Gasteiger partial charge on any atom is 0.299 e. The van der Waals surface area contributed by atoms with Crippen LogP contribution in [-0.4, -0.2) is 11.7 Å². The summed E-state index contributed by atoms with van der Waals surface area (Å²) in [6.07, 6.45) is 0. The van der Waals surface area contributed by atoms with Gasteiger partial charge < -0.3 is 4.90 Å². The van der Waals surface area contributed by atoms with Crippen LogP contribution in [0.5, 0.6) is 0 Å². The Labute approximate surface area is 121 Å². The molecule has 1 aliphatic heterocycles. The van der Waals surface area contributed by atoms with Crippen LogP contribution in [0.4, 0.5) is 5.69 Å². The van der Waals surface area contributed by atoms with Gasteiger partial charge >= 0.3 is 0 Å². The lowest BCUT2D eigenvalue weighted by atomic mass is 10.1. The Morgan fingerprint density at radius 2 is 1.80 bits per heavy atom. The molecule has 0 saturated carbocycles. The van der Waals surface area contributed by atoms with E-state index in [1.54, 1.807) is 18.2 Å². The molecule has 3 nitrogen and oxygen atoms in total. The van der Waals surface area contributed by atoms with Crippen molar-refractivity contribution >= 4 is 29.0 Å². The number of hydrogen-bond acceptors (Lipinski definition) is 2. The third kappa shape index (κ3) is 1.91. The van der Waals surface area contributed by atoms with Gasteiger partial charge in [0, 0.05) is 0 Å². The van der Waals surface area contributed by atoms with Gasteiger partial charge in [-0.3, -0.25) is 9.59 Å². The van der Waals surface area contributed by atoms with Crippen molar-refractivity contribution in [2.75, 3.05) is 4.90 Å². The summed E-state index contributed by atoms with van der Waals surface area (Å²) < 4.78 is 0. The van der Waals surface area contributed by atoms with E-state index in [4.69, 9.17) is 11.6 Å². The van der Waals surface area contributed by atoms with Crippen LogP contribution < -0.4 is 4.90 Å². The minimum atomic E-state index is -0.529. The molecule has 0 radical (unpaired) electrons. The fourth-order valence-electron chi connectivity index (χ4n) is 2.42. The van der Waals surface area contributed by atoms with E-state index in [-0.39, 0.29) is 0 Å². The third-order valence-electron chi connectivity index (χ3n) is 3.54. The summed E-state index contributed by atoms with van der Waals surface area (Å²) in [5.41, 5.74) is 3.01. The summed E-state index contributed by atoms with van der Waals surface area (Å²) in [5.74, 6) is -1.05. The van der Waals surface area contributed by atoms with Gasteiger partial charge in [-0.05, 0) is 30.2 Å². The van der Waals surface area contributed by atoms with Crippen LogP contribution in [0.1, 0.15) is 21.5 Å². The zero-order chi connectivity index (χ0) is 14.3. The van der Waals surface area contributed by atoms with E-state index >= 15 is 0 Å². The molecule has 0 unspecified atom stereocenters. The van der Waals surface area contributed by atoms with Crippen LogP contribution in [0.2, 0.25) is 5.02 Å². The predicted octanol–water partition coefficient (Wildman–Crippen LogP) is 3.38. The first kappa shape index (κ1) is 12.9. The standard InChI is InChI=1S/C16H12ClNO2/c1-10-5-2-3-6-11(10)9-18-13-8-4-7-12(17)14(13)15(19)16(18)20/h2-8H,9H2,1H3. The summed E-state index contributed by atoms with van der Waals surface area (Å²) in [4.78, 5) is 25.7. The van der Waals surface area contributed by atoms with E-state index in [0.717, 1.165) is 11.1 Å². The highest BCUT2D eigenvalue weighted by Crippen LogP contribution is 2.35. The Morgan fingerprint density at radius 1 is 1.05 bits per heavy atom. The molecule has 0 spiro atoms. The largest absolute Gasteiger partial charge is 0.300 e. The zero-order valence-corrected chi connectivity index (χ0v) is 11.6. The van der Waals surface area contributed by atoms with E-state index in [1.807, 2.05) is 31.2 Å². The summed E-state index contributed by atoms with van der Waals surface area (Å²) >= 11 is 6.03. The van der Waals surface area contributed by atoms with Gasteiger partial charge in [-0.1, -0.05) is 41.9 Å². The minimum Gasteiger partial charge on any atom is -0.300 e. The predicted molar refractivity (Wildman–Crippen MR) is 78.2 cm³/mol. The topological polar surface area (TPSA) is 37.4 Å². The molecule has 20 heavy (non-hydrogen) atoms. The molecule has 1 heterocycles. The fourth-order valence-corrected chi connectivity index (χ4v) is 2.67. The first-order valence-electron chi connectivity index (χ1n) is 6.29. The summed E-state index contributed by atoms with van der Waals surface area (Å²) in [6.45, 7) is 2.36. The van der Waals surface area contributed by atoms with Crippen LogP contribution in [0.3, 0.4) is 0 Å². The number of halogens is 1. The highest BCUT2D eigenvalue weighted by molar-refractivity contribution is 6.55. The number of amides is 1. The molecule has 0 bridgehead atoms. The Balaban J connectivity index is 2.04. The quantitative estimate of drug-likeness (QED) is 0.793. The Bertz CT molecular complexity index is 724. The second-order valence-corrected chi connectivity index (χ2v) is 5.19. The van der Waals surface area contributed by atoms with Gasteiger partial charge in [0.05, 0.1) is 22.8 Å². The molecule has 0 fully saturated rings. The molecule has 0 atom stereocenters. The smallest absolute Gasteiger partial charge is 0.299 e. The molecular formula is C16H12ClNO2. The van der Waals surface area contributed by atoms with E-state index in [1.165, 1.54) is 4.90 Å². The van der Waals surface area contributed by atoms with E-state index < -0.39 is 11.7 Å². The lowest BCUT2D eigenvalue weighted by Gasteiger charge is -2.17. The zero-order valence-electron chi connectivity index (χ0n) is 10.9. The number of aryl methyl sites for hydroxylation is 1. The molecule has 2 aromatic rings. The van der Waals surface area contributed by atoms with Crippen molar-refractivity contribution in [3.05, 3.63) is 64.2 Å². The average Bonchev–Trinajstić information content (AvgIpc) is 2.67. The van der Waals surface area contributed by atoms with Gasteiger partial charge in [0.15, 0.2) is 0 Å². The van der Waals surface area contributed by atoms with Gasteiger partial charge in [-0.15, -0.1) is 0 Å². The highest BCUT2D eigenvalue weighted by Gasteiger charge is 2.37. The number of Topliss-reactive ketones (excluding diaryl/α,β-unsaturated/α-hetero) is 1. The normalized spacial score (nSPS) is 13.8. The second kappa shape index (κ2) is 4.76. The number of benzene rings is 2. The molecular weight excluding hydrogens is 274 g/mol. The lowest BCUT2D eigenvalue weighted by Crippen LogP contribution is -2.29. The molecule has 0 N–H and O–H groups in total. The van der Waals surface area contributed by atoms with E-state index in [2.05, 4.69) is 0 Å². The molecule has 0 aliphatic carbocycles. The van der Waals surface area contributed by atoms with Crippen molar-refractivity contribution in [1.82, 2.24) is 0 Å². The minimum absolute atomic E-state index is 0.313. The average molecular weight is 286 g/mol. The molecule has 4 heteroatoms. The molecule has 0 aromatic heterocycles. The van der Waals surface area contributed by atoms with E-state index in [9.17, 15) is 9.59 Å². The van der Waals surface area contributed by atoms with Crippen LogP contribution in [-0.2, 0) is 11.3 Å². The molecule has 1 aliphatic rings. The number of fused-ring (bicyclic) bond motifs is 1. The molecule has 1 amide bonds. The SMILES string of the molecule is Cc1ccccc1CN1C(=O)C(=O)c2c(Cl)cccc21. The number of ketones is 1. The molecule has 0 saturated heterocycles. The van der Waals surface area contributed by atoms with Gasteiger partial charge in [0.2, 0.25) is 0 Å². The van der Waals surface area contributed by atoms with Gasteiger partial charge in [-0.2, -0.15) is 0 Å². The summed E-state index contributed by atoms with van der Waals surface area (Å²) in [5, 5.41) is 0.327. The maximum atomic E-state index is 12.1. The van der Waals surface area contributed by atoms with Crippen molar-refractivity contribution in [1.29, 1.82) is 0 Å². The molecule has 100 valence electrons. The van der Waals surface area contributed by atoms with Crippen LogP contribution in [0.15, 0.2) is 42.5 Å². The number of carbonyl (C=O) groups is 2. The Morgan fingerprint density at radius 3 is 2.55 bits per heavy atom. The number of anilines is 1. The van der Waals surface area contributed by atoms with Gasteiger partial charge in [0.25, 0.3) is 11.7 Å². The Hall–Kier alpha value is -2.13. The van der Waals surface area contributed by atoms with Gasteiger partial charge in [-0.25, -0.2) is 0 Å². The van der Waals surface area contributed by atoms with Gasteiger partial charge in [0.1, 0.15) is 0 Å². The first-order chi connectivity index (χ1) is 9.59. The summed E-state index contributed by atoms with van der Waals surface area (Å²) in [7, 11) is 0. The highest BCUT2D eigenvalue weighted by atomic mass is 35.5. The van der Waals surface area contributed by atoms with E-state index in [0.29, 0.717) is 22.8 Å². The first-order valence-corrected chi connectivity index (χ1v) is 6.66. The number of rotatable bonds is 2. The lowest BCUT2D eigenvalue weighted by molar-refractivity contribution is -0.114. The Kier molecular flexibility index (Phi) is 3.07. The molecule has 2 aromatic carbocycles. The van der Waals surface area contributed by atoms with Crippen LogP contribution >= 0.6 is 11.6 Å². The van der Waals surface area contributed by atoms with Crippen molar-refractivity contribution in [3.63, 3.8) is 0 Å². The fraction of sp³-hybridized carbons (Fsp3) is 0.125. The monoisotopic (exact) mass is 285 g/mol. The number of hydrogen-bond donors (Lipinski definition) is 0. The van der Waals surface area contributed by atoms with Crippen LogP contribution in [0, 0.1) is 6.92 Å². The van der Waals surface area contributed by atoms with Crippen LogP contribution in [0.25, 0.3) is 0 Å². The second-order valence-electron chi connectivity index (χ2n) is 4.78. The van der Waals surface area contributed by atoms with Crippen molar-refractivity contribution in [2.45, 2.75) is 13.5 Å².